The van der Waals surface area contributed by atoms with Crippen LogP contribution in [0.3, 0.4) is 0 Å². The summed E-state index contributed by atoms with van der Waals surface area (Å²) < 4.78 is 1.99. The van der Waals surface area contributed by atoms with Gasteiger partial charge in [-0.1, -0.05) is 20.3 Å². The van der Waals surface area contributed by atoms with Crippen LogP contribution in [0.15, 0.2) is 6.07 Å². The number of hydrogen-bond acceptors (Lipinski definition) is 2. The molecule has 0 radical (unpaired) electrons. The first-order chi connectivity index (χ1) is 9.67. The number of aromatic nitrogens is 2. The zero-order chi connectivity index (χ0) is 14.5. The van der Waals surface area contributed by atoms with E-state index in [1.54, 1.807) is 0 Å². The molecule has 1 aromatic rings. The molecule has 1 aromatic heterocycles. The van der Waals surface area contributed by atoms with Crippen LogP contribution in [0.5, 0.6) is 0 Å². The molecular formula is C17H28N2O. The third-order valence-corrected chi connectivity index (χ3v) is 4.81. The minimum Gasteiger partial charge on any atom is -0.299 e. The molecule has 0 amide bonds. The Morgan fingerprint density at radius 1 is 1.25 bits per heavy atom. The molecule has 3 nitrogen and oxygen atoms in total. The summed E-state index contributed by atoms with van der Waals surface area (Å²) in [5.41, 5.74) is 2.20. The highest BCUT2D eigenvalue weighted by molar-refractivity contribution is 5.83. The zero-order valence-electron chi connectivity index (χ0n) is 13.2. The van der Waals surface area contributed by atoms with Crippen molar-refractivity contribution >= 4 is 5.78 Å². The van der Waals surface area contributed by atoms with Crippen LogP contribution in [0.1, 0.15) is 64.3 Å². The predicted molar refractivity (Wildman–Crippen MR) is 81.7 cm³/mol. The third kappa shape index (κ3) is 3.50. The van der Waals surface area contributed by atoms with Gasteiger partial charge in [-0.2, -0.15) is 5.10 Å². The predicted octanol–water partition coefficient (Wildman–Crippen LogP) is 3.79. The minimum atomic E-state index is 0.295. The molecule has 0 N–H and O–H groups in total. The minimum absolute atomic E-state index is 0.295. The van der Waals surface area contributed by atoms with E-state index in [2.05, 4.69) is 31.9 Å². The molecule has 0 unspecified atom stereocenters. The average molecular weight is 276 g/mol. The maximum absolute atomic E-state index is 12.5. The monoisotopic (exact) mass is 276 g/mol. The fourth-order valence-electron chi connectivity index (χ4n) is 3.32. The Bertz CT molecular complexity index is 442. The molecule has 1 saturated carbocycles. The van der Waals surface area contributed by atoms with Crippen LogP contribution < -0.4 is 0 Å². The summed E-state index contributed by atoms with van der Waals surface area (Å²) in [6.07, 6.45) is 7.44. The zero-order valence-corrected chi connectivity index (χ0v) is 13.2. The van der Waals surface area contributed by atoms with E-state index in [1.165, 1.54) is 19.3 Å². The van der Waals surface area contributed by atoms with Crippen LogP contribution in [0.25, 0.3) is 0 Å². The third-order valence-electron chi connectivity index (χ3n) is 4.81. The van der Waals surface area contributed by atoms with E-state index in [9.17, 15) is 4.79 Å². The van der Waals surface area contributed by atoms with Crippen molar-refractivity contribution in [3.8, 4) is 0 Å². The fraction of sp³-hybridized carbons (Fsp3) is 0.765. The van der Waals surface area contributed by atoms with Crippen LogP contribution in [0.2, 0.25) is 0 Å². The van der Waals surface area contributed by atoms with Gasteiger partial charge in [-0.25, -0.2) is 0 Å². The van der Waals surface area contributed by atoms with Gasteiger partial charge < -0.3 is 0 Å². The normalized spacial score (nSPS) is 22.9. The molecule has 0 aromatic carbocycles. The smallest absolute Gasteiger partial charge is 0.141 e. The Kier molecular flexibility index (Phi) is 5.38. The van der Waals surface area contributed by atoms with E-state index in [1.807, 2.05) is 4.68 Å². The van der Waals surface area contributed by atoms with Gasteiger partial charge in [0.05, 0.1) is 5.69 Å². The van der Waals surface area contributed by atoms with Crippen molar-refractivity contribution in [2.45, 2.75) is 72.3 Å². The van der Waals surface area contributed by atoms with E-state index in [-0.39, 0.29) is 0 Å². The summed E-state index contributed by atoms with van der Waals surface area (Å²) in [5.74, 6) is 1.58. The molecule has 1 aliphatic rings. The summed E-state index contributed by atoms with van der Waals surface area (Å²) in [5, 5.41) is 4.54. The first-order valence-corrected chi connectivity index (χ1v) is 8.26. The summed E-state index contributed by atoms with van der Waals surface area (Å²) in [7, 11) is 0. The Morgan fingerprint density at radius 3 is 2.50 bits per heavy atom. The van der Waals surface area contributed by atoms with E-state index >= 15 is 0 Å². The van der Waals surface area contributed by atoms with E-state index < -0.39 is 0 Å². The number of carbonyl (C=O) groups excluding carboxylic acids is 1. The van der Waals surface area contributed by atoms with Gasteiger partial charge in [0, 0.05) is 24.6 Å². The lowest BCUT2D eigenvalue weighted by atomic mass is 9.78. The van der Waals surface area contributed by atoms with Crippen molar-refractivity contribution in [1.29, 1.82) is 0 Å². The number of rotatable bonds is 6. The van der Waals surface area contributed by atoms with Crippen molar-refractivity contribution in [1.82, 2.24) is 9.78 Å². The van der Waals surface area contributed by atoms with Crippen molar-refractivity contribution in [2.24, 2.45) is 11.8 Å². The SMILES string of the molecule is CCc1cc(CC(=O)C2CCC(CC)CC2)n(CC)n1. The highest BCUT2D eigenvalue weighted by Crippen LogP contribution is 2.31. The molecule has 20 heavy (non-hydrogen) atoms. The Labute approximate surface area is 122 Å². The number of carbonyl (C=O) groups is 1. The van der Waals surface area contributed by atoms with Gasteiger partial charge in [0.15, 0.2) is 0 Å². The highest BCUT2D eigenvalue weighted by atomic mass is 16.1. The molecule has 0 saturated heterocycles. The van der Waals surface area contributed by atoms with Crippen molar-refractivity contribution in [2.75, 3.05) is 0 Å². The van der Waals surface area contributed by atoms with Gasteiger partial charge in [0.1, 0.15) is 5.78 Å². The maximum atomic E-state index is 12.5. The summed E-state index contributed by atoms with van der Waals surface area (Å²) in [6.45, 7) is 7.32. The standard InChI is InChI=1S/C17H28N2O/c1-4-13-7-9-14(10-8-13)17(20)12-16-11-15(5-2)18-19(16)6-3/h11,13-14H,4-10,12H2,1-3H3. The molecular weight excluding hydrogens is 248 g/mol. The maximum Gasteiger partial charge on any atom is 0.141 e. The van der Waals surface area contributed by atoms with Crippen LogP contribution in [0.4, 0.5) is 0 Å². The first kappa shape index (κ1) is 15.3. The van der Waals surface area contributed by atoms with E-state index in [0.29, 0.717) is 18.1 Å². The number of aryl methyl sites for hydroxylation is 2. The van der Waals surface area contributed by atoms with E-state index in [4.69, 9.17) is 0 Å². The topological polar surface area (TPSA) is 34.9 Å². The lowest BCUT2D eigenvalue weighted by molar-refractivity contribution is -0.123. The lowest BCUT2D eigenvalue weighted by Crippen LogP contribution is -2.24. The fourth-order valence-corrected chi connectivity index (χ4v) is 3.32. The van der Waals surface area contributed by atoms with E-state index in [0.717, 1.165) is 43.1 Å². The summed E-state index contributed by atoms with van der Waals surface area (Å²) in [4.78, 5) is 12.5. The second-order valence-corrected chi connectivity index (χ2v) is 6.07. The number of hydrogen-bond donors (Lipinski definition) is 0. The molecule has 0 aliphatic heterocycles. The van der Waals surface area contributed by atoms with Crippen molar-refractivity contribution in [3.05, 3.63) is 17.5 Å². The van der Waals surface area contributed by atoms with Gasteiger partial charge in [-0.3, -0.25) is 9.48 Å². The molecule has 1 fully saturated rings. The Balaban J connectivity index is 1.96. The summed E-state index contributed by atoms with van der Waals surface area (Å²) in [6, 6.07) is 2.11. The molecule has 2 rings (SSSR count). The van der Waals surface area contributed by atoms with Crippen LogP contribution in [-0.4, -0.2) is 15.6 Å². The van der Waals surface area contributed by atoms with Crippen LogP contribution in [-0.2, 0) is 24.2 Å². The highest BCUT2D eigenvalue weighted by Gasteiger charge is 2.26. The molecule has 0 atom stereocenters. The molecule has 0 bridgehead atoms. The van der Waals surface area contributed by atoms with Gasteiger partial charge in [-0.15, -0.1) is 0 Å². The largest absolute Gasteiger partial charge is 0.299 e. The van der Waals surface area contributed by atoms with Gasteiger partial charge in [0.2, 0.25) is 0 Å². The summed E-state index contributed by atoms with van der Waals surface area (Å²) >= 11 is 0. The quantitative estimate of drug-likeness (QED) is 0.792. The molecule has 112 valence electrons. The Morgan fingerprint density at radius 2 is 1.95 bits per heavy atom. The second kappa shape index (κ2) is 7.05. The molecule has 0 spiro atoms. The lowest BCUT2D eigenvalue weighted by Gasteiger charge is -2.26. The number of ketones is 1. The first-order valence-electron chi connectivity index (χ1n) is 8.26. The van der Waals surface area contributed by atoms with Crippen molar-refractivity contribution in [3.63, 3.8) is 0 Å². The van der Waals surface area contributed by atoms with Gasteiger partial charge in [-0.05, 0) is 51.0 Å². The van der Waals surface area contributed by atoms with Crippen molar-refractivity contribution < 1.29 is 4.79 Å². The van der Waals surface area contributed by atoms with Gasteiger partial charge in [0.25, 0.3) is 0 Å². The van der Waals surface area contributed by atoms with Gasteiger partial charge >= 0.3 is 0 Å². The molecule has 1 heterocycles. The van der Waals surface area contributed by atoms with Crippen LogP contribution in [0, 0.1) is 11.8 Å². The van der Waals surface area contributed by atoms with Crippen LogP contribution >= 0.6 is 0 Å². The average Bonchev–Trinajstić information content (AvgIpc) is 2.89. The Hall–Kier alpha value is -1.12. The molecule has 3 heteroatoms. The second-order valence-electron chi connectivity index (χ2n) is 6.07. The number of nitrogens with zero attached hydrogens (tertiary/aromatic N) is 2. The number of Topliss-reactive ketones (excluding diaryl/α,β-unsaturated/α-hetero) is 1. The molecule has 1 aliphatic carbocycles.